The van der Waals surface area contributed by atoms with Crippen molar-refractivity contribution in [1.82, 2.24) is 5.32 Å². The molecule has 5 nitrogen and oxygen atoms in total. The van der Waals surface area contributed by atoms with Crippen molar-refractivity contribution in [1.29, 1.82) is 0 Å². The number of halogens is 3. The lowest BCUT2D eigenvalue weighted by Crippen LogP contribution is -3.14. The molecule has 0 spiro atoms. The molecule has 1 atom stereocenters. The van der Waals surface area contributed by atoms with Crippen LogP contribution in [0.4, 0.5) is 14.5 Å². The first kappa shape index (κ1) is 20.8. The van der Waals surface area contributed by atoms with E-state index in [0.29, 0.717) is 16.5 Å². The van der Waals surface area contributed by atoms with Crippen LogP contribution in [0.3, 0.4) is 0 Å². The van der Waals surface area contributed by atoms with Gasteiger partial charge in [0, 0.05) is 11.6 Å². The van der Waals surface area contributed by atoms with E-state index in [2.05, 4.69) is 10.6 Å². The van der Waals surface area contributed by atoms with Gasteiger partial charge in [0.05, 0.1) is 6.54 Å². The minimum Gasteiger partial charge on any atom is -0.347 e. The lowest BCUT2D eigenvalue weighted by Gasteiger charge is -2.17. The highest BCUT2D eigenvalue weighted by Gasteiger charge is 2.19. The molecular weight excluding hydrogens is 376 g/mol. The van der Waals surface area contributed by atoms with E-state index in [9.17, 15) is 18.4 Å². The third-order valence-electron chi connectivity index (χ3n) is 3.98. The van der Waals surface area contributed by atoms with Crippen molar-refractivity contribution < 1.29 is 23.3 Å². The molecule has 0 aliphatic carbocycles. The molecule has 2 aromatic rings. The average molecular weight is 397 g/mol. The second-order valence-corrected chi connectivity index (χ2v) is 6.38. The smallest absolute Gasteiger partial charge is 0.279 e. The number of quaternary nitrogens is 1. The van der Waals surface area contributed by atoms with Crippen LogP contribution in [0, 0.1) is 11.6 Å². The third kappa shape index (κ3) is 6.30. The van der Waals surface area contributed by atoms with Crippen LogP contribution < -0.4 is 15.5 Å². The summed E-state index contributed by atoms with van der Waals surface area (Å²) in [6.07, 6.45) is 0. The fourth-order valence-corrected chi connectivity index (χ4v) is 2.67. The Hall–Kier alpha value is -2.51. The van der Waals surface area contributed by atoms with E-state index in [0.717, 1.165) is 17.7 Å². The van der Waals surface area contributed by atoms with E-state index in [1.165, 1.54) is 6.07 Å². The number of likely N-dealkylation sites (N-methyl/N-ethyl adjacent to an activating group) is 1. The van der Waals surface area contributed by atoms with Gasteiger partial charge in [-0.25, -0.2) is 8.78 Å². The van der Waals surface area contributed by atoms with Crippen molar-refractivity contribution in [3.63, 3.8) is 0 Å². The van der Waals surface area contributed by atoms with Gasteiger partial charge in [-0.05, 0) is 30.7 Å². The Balaban J connectivity index is 1.86. The third-order valence-corrected chi connectivity index (χ3v) is 4.35. The van der Waals surface area contributed by atoms with Crippen LogP contribution in [-0.4, -0.2) is 31.4 Å². The van der Waals surface area contributed by atoms with Crippen molar-refractivity contribution in [3.05, 3.63) is 64.7 Å². The Bertz CT molecular complexity index is 797. The summed E-state index contributed by atoms with van der Waals surface area (Å²) >= 11 is 6.04. The molecule has 8 heteroatoms. The summed E-state index contributed by atoms with van der Waals surface area (Å²) in [5, 5.41) is 5.53. The van der Waals surface area contributed by atoms with Crippen molar-refractivity contribution in [2.24, 2.45) is 0 Å². The number of rotatable bonds is 8. The summed E-state index contributed by atoms with van der Waals surface area (Å²) in [5.41, 5.74) is 0.305. The molecule has 1 unspecified atom stereocenters. The number of hydrogen-bond donors (Lipinski definition) is 3. The number of para-hydroxylation sites is 1. The predicted octanol–water partition coefficient (Wildman–Crippen LogP) is 1.78. The SMILES string of the molecule is CC[NH+](CC(=O)NCc1ccccc1Cl)CC(=O)Nc1c(F)cccc1F. The Labute approximate surface area is 161 Å². The molecule has 0 heterocycles. The van der Waals surface area contributed by atoms with Crippen LogP contribution in [0.5, 0.6) is 0 Å². The van der Waals surface area contributed by atoms with Crippen LogP contribution in [0.25, 0.3) is 0 Å². The standard InChI is InChI=1S/C19H20ClF2N3O2/c1-2-25(11-17(26)23-10-13-6-3-4-7-14(13)20)12-18(27)24-19-15(21)8-5-9-16(19)22/h3-9H,2,10-12H2,1H3,(H,23,26)(H,24,27)/p+1. The van der Waals surface area contributed by atoms with Crippen molar-refractivity contribution in [3.8, 4) is 0 Å². The van der Waals surface area contributed by atoms with Crippen LogP contribution in [0.1, 0.15) is 12.5 Å². The van der Waals surface area contributed by atoms with Crippen LogP contribution in [0.2, 0.25) is 5.02 Å². The number of hydrogen-bond acceptors (Lipinski definition) is 2. The van der Waals surface area contributed by atoms with Gasteiger partial charge < -0.3 is 15.5 Å². The normalized spacial score (nSPS) is 11.7. The molecule has 2 amide bonds. The predicted molar refractivity (Wildman–Crippen MR) is 99.5 cm³/mol. The summed E-state index contributed by atoms with van der Waals surface area (Å²) in [6.45, 7) is 2.54. The molecule has 0 radical (unpaired) electrons. The van der Waals surface area contributed by atoms with Crippen LogP contribution >= 0.6 is 11.6 Å². The number of benzene rings is 2. The molecule has 144 valence electrons. The van der Waals surface area contributed by atoms with Gasteiger partial charge in [0.1, 0.15) is 17.3 Å². The first-order valence-electron chi connectivity index (χ1n) is 8.48. The van der Waals surface area contributed by atoms with Gasteiger partial charge in [-0.2, -0.15) is 0 Å². The van der Waals surface area contributed by atoms with Gasteiger partial charge in [0.25, 0.3) is 11.8 Å². The summed E-state index contributed by atoms with van der Waals surface area (Å²) in [4.78, 5) is 24.8. The molecule has 0 aliphatic heterocycles. The van der Waals surface area contributed by atoms with Gasteiger partial charge in [0.2, 0.25) is 0 Å². The fourth-order valence-electron chi connectivity index (χ4n) is 2.47. The van der Waals surface area contributed by atoms with E-state index in [4.69, 9.17) is 11.6 Å². The van der Waals surface area contributed by atoms with E-state index in [-0.39, 0.29) is 25.5 Å². The molecule has 27 heavy (non-hydrogen) atoms. The second kappa shape index (κ2) is 9.99. The largest absolute Gasteiger partial charge is 0.347 e. The van der Waals surface area contributed by atoms with Crippen LogP contribution in [0.15, 0.2) is 42.5 Å². The van der Waals surface area contributed by atoms with Gasteiger partial charge in [0.15, 0.2) is 13.1 Å². The minimum absolute atomic E-state index is 0.0497. The highest BCUT2D eigenvalue weighted by molar-refractivity contribution is 6.31. The monoisotopic (exact) mass is 396 g/mol. The zero-order valence-corrected chi connectivity index (χ0v) is 15.6. The van der Waals surface area contributed by atoms with Crippen molar-refractivity contribution in [2.75, 3.05) is 25.0 Å². The summed E-state index contributed by atoms with van der Waals surface area (Å²) in [7, 11) is 0. The topological polar surface area (TPSA) is 62.6 Å². The fraction of sp³-hybridized carbons (Fsp3) is 0.263. The molecule has 0 fully saturated rings. The zero-order valence-electron chi connectivity index (χ0n) is 14.8. The van der Waals surface area contributed by atoms with Gasteiger partial charge in [-0.3, -0.25) is 9.59 Å². The molecule has 0 bridgehead atoms. The molecule has 2 rings (SSSR count). The molecule has 0 aromatic heterocycles. The Morgan fingerprint density at radius 3 is 2.26 bits per heavy atom. The summed E-state index contributed by atoms with van der Waals surface area (Å²) in [5.74, 6) is -2.52. The number of anilines is 1. The number of amides is 2. The maximum atomic E-state index is 13.6. The first-order chi connectivity index (χ1) is 12.9. The lowest BCUT2D eigenvalue weighted by atomic mass is 10.2. The van der Waals surface area contributed by atoms with Crippen molar-refractivity contribution >= 4 is 29.1 Å². The van der Waals surface area contributed by atoms with Gasteiger partial charge in [-0.1, -0.05) is 35.9 Å². The van der Waals surface area contributed by atoms with E-state index in [1.807, 2.05) is 19.1 Å². The summed E-state index contributed by atoms with van der Waals surface area (Å²) < 4.78 is 27.2. The Morgan fingerprint density at radius 1 is 1.00 bits per heavy atom. The molecule has 0 saturated heterocycles. The summed E-state index contributed by atoms with van der Waals surface area (Å²) in [6, 6.07) is 10.5. The van der Waals surface area contributed by atoms with Gasteiger partial charge in [-0.15, -0.1) is 0 Å². The molecule has 0 aliphatic rings. The van der Waals surface area contributed by atoms with Crippen molar-refractivity contribution in [2.45, 2.75) is 13.5 Å². The molecule has 0 saturated carbocycles. The highest BCUT2D eigenvalue weighted by atomic mass is 35.5. The van der Waals surface area contributed by atoms with E-state index < -0.39 is 23.2 Å². The molecule has 3 N–H and O–H groups in total. The van der Waals surface area contributed by atoms with Crippen LogP contribution in [-0.2, 0) is 16.1 Å². The first-order valence-corrected chi connectivity index (χ1v) is 8.86. The average Bonchev–Trinajstić information content (AvgIpc) is 2.63. The minimum atomic E-state index is -0.848. The zero-order chi connectivity index (χ0) is 19.8. The molecular formula is C19H21ClF2N3O2+. The number of nitrogens with one attached hydrogen (secondary N) is 3. The highest BCUT2D eigenvalue weighted by Crippen LogP contribution is 2.17. The Morgan fingerprint density at radius 2 is 1.63 bits per heavy atom. The lowest BCUT2D eigenvalue weighted by molar-refractivity contribution is -0.881. The van der Waals surface area contributed by atoms with Gasteiger partial charge >= 0.3 is 0 Å². The van der Waals surface area contributed by atoms with E-state index in [1.54, 1.807) is 12.1 Å². The Kier molecular flexibility index (Phi) is 7.69. The molecule has 2 aromatic carbocycles. The number of carbonyl (C=O) groups excluding carboxylic acids is 2. The second-order valence-electron chi connectivity index (χ2n) is 5.97. The quantitative estimate of drug-likeness (QED) is 0.637. The number of carbonyl (C=O) groups is 2. The maximum absolute atomic E-state index is 13.6. The maximum Gasteiger partial charge on any atom is 0.279 e. The van der Waals surface area contributed by atoms with E-state index >= 15 is 0 Å².